The Morgan fingerprint density at radius 3 is 2.74 bits per heavy atom. The van der Waals surface area contributed by atoms with Crippen LogP contribution in [0.25, 0.3) is 0 Å². The number of carbonyl (C=O) groups is 3. The molecule has 0 saturated carbocycles. The molecule has 0 bridgehead atoms. The van der Waals surface area contributed by atoms with Gasteiger partial charge in [0, 0.05) is 23.9 Å². The molecule has 1 aliphatic heterocycles. The lowest BCUT2D eigenvalue weighted by molar-refractivity contribution is -0.126. The Bertz CT molecular complexity index is 604. The average Bonchev–Trinajstić information content (AvgIpc) is 2.51. The second kappa shape index (κ2) is 8.01. The van der Waals surface area contributed by atoms with Crippen molar-refractivity contribution in [2.24, 2.45) is 0 Å². The number of para-hydroxylation sites is 1. The summed E-state index contributed by atoms with van der Waals surface area (Å²) in [6.07, 6.45) is 0.166. The molecule has 0 saturated heterocycles. The first-order valence-corrected chi connectivity index (χ1v) is 8.54. The second-order valence-electron chi connectivity index (χ2n) is 5.55. The topological polar surface area (TPSA) is 78.5 Å². The molecule has 1 aliphatic rings. The van der Waals surface area contributed by atoms with E-state index in [4.69, 9.17) is 0 Å². The van der Waals surface area contributed by atoms with E-state index in [0.29, 0.717) is 12.3 Å². The van der Waals surface area contributed by atoms with Gasteiger partial charge in [0.25, 0.3) is 0 Å². The number of amides is 3. The Balaban J connectivity index is 1.84. The lowest BCUT2D eigenvalue weighted by Gasteiger charge is -2.28. The van der Waals surface area contributed by atoms with Crippen LogP contribution in [-0.2, 0) is 14.4 Å². The quantitative estimate of drug-likeness (QED) is 0.818. The smallest absolute Gasteiger partial charge is 0.239 e. The highest BCUT2D eigenvalue weighted by atomic mass is 32.2. The zero-order valence-electron chi connectivity index (χ0n) is 13.3. The summed E-state index contributed by atoms with van der Waals surface area (Å²) >= 11 is 1.51. The maximum atomic E-state index is 12.1. The van der Waals surface area contributed by atoms with Crippen molar-refractivity contribution in [3.63, 3.8) is 0 Å². The van der Waals surface area contributed by atoms with Gasteiger partial charge in [-0.15, -0.1) is 11.8 Å². The lowest BCUT2D eigenvalue weighted by atomic mass is 10.2. The molecule has 0 atom stereocenters. The zero-order chi connectivity index (χ0) is 16.8. The van der Waals surface area contributed by atoms with Crippen molar-refractivity contribution >= 4 is 35.2 Å². The molecule has 0 radical (unpaired) electrons. The molecule has 1 aromatic carbocycles. The van der Waals surface area contributed by atoms with E-state index in [1.54, 1.807) is 4.90 Å². The minimum Gasteiger partial charge on any atom is -0.352 e. The SMILES string of the molecule is CC(C)NC(=O)CNC(=O)CCN1C(=O)CSc2ccccc21. The molecule has 1 aromatic rings. The molecule has 3 amide bonds. The van der Waals surface area contributed by atoms with E-state index in [1.807, 2.05) is 38.1 Å². The van der Waals surface area contributed by atoms with Gasteiger partial charge in [-0.3, -0.25) is 14.4 Å². The Morgan fingerprint density at radius 2 is 2.00 bits per heavy atom. The summed E-state index contributed by atoms with van der Waals surface area (Å²) in [6, 6.07) is 7.70. The standard InChI is InChI=1S/C16H21N3O3S/c1-11(2)18-15(21)9-17-14(20)7-8-19-12-5-3-4-6-13(12)23-10-16(19)22/h3-6,11H,7-10H2,1-2H3,(H,17,20)(H,18,21). The third-order valence-electron chi connectivity index (χ3n) is 3.27. The van der Waals surface area contributed by atoms with Gasteiger partial charge in [-0.2, -0.15) is 0 Å². The van der Waals surface area contributed by atoms with E-state index in [2.05, 4.69) is 10.6 Å². The molecule has 1 heterocycles. The number of anilines is 1. The fourth-order valence-corrected chi connectivity index (χ4v) is 3.19. The Kier molecular flexibility index (Phi) is 6.04. The molecule has 124 valence electrons. The highest BCUT2D eigenvalue weighted by Crippen LogP contribution is 2.34. The van der Waals surface area contributed by atoms with Crippen molar-refractivity contribution in [3.8, 4) is 0 Å². The molecule has 0 aliphatic carbocycles. The van der Waals surface area contributed by atoms with Crippen LogP contribution >= 0.6 is 11.8 Å². The summed E-state index contributed by atoms with van der Waals surface area (Å²) in [6.45, 7) is 3.99. The predicted molar refractivity (Wildman–Crippen MR) is 90.4 cm³/mol. The van der Waals surface area contributed by atoms with Crippen LogP contribution in [0.4, 0.5) is 5.69 Å². The van der Waals surface area contributed by atoms with Crippen molar-refractivity contribution in [2.75, 3.05) is 23.7 Å². The molecule has 0 aromatic heterocycles. The number of nitrogens with zero attached hydrogens (tertiary/aromatic N) is 1. The molecule has 23 heavy (non-hydrogen) atoms. The fraction of sp³-hybridized carbons (Fsp3) is 0.438. The minimum atomic E-state index is -0.243. The van der Waals surface area contributed by atoms with Crippen molar-refractivity contribution in [1.82, 2.24) is 10.6 Å². The van der Waals surface area contributed by atoms with Crippen molar-refractivity contribution in [1.29, 1.82) is 0 Å². The average molecular weight is 335 g/mol. The zero-order valence-corrected chi connectivity index (χ0v) is 14.1. The largest absolute Gasteiger partial charge is 0.352 e. The van der Waals surface area contributed by atoms with Crippen LogP contribution in [0.15, 0.2) is 29.2 Å². The van der Waals surface area contributed by atoms with Crippen LogP contribution in [0.2, 0.25) is 0 Å². The van der Waals surface area contributed by atoms with E-state index < -0.39 is 0 Å². The molecule has 2 N–H and O–H groups in total. The highest BCUT2D eigenvalue weighted by molar-refractivity contribution is 8.00. The first-order chi connectivity index (χ1) is 11.0. The molecular formula is C16H21N3O3S. The lowest BCUT2D eigenvalue weighted by Crippen LogP contribution is -2.42. The van der Waals surface area contributed by atoms with Crippen molar-refractivity contribution in [2.45, 2.75) is 31.2 Å². The number of nitrogens with one attached hydrogen (secondary N) is 2. The number of fused-ring (bicyclic) bond motifs is 1. The van der Waals surface area contributed by atoms with E-state index in [0.717, 1.165) is 10.6 Å². The Morgan fingerprint density at radius 1 is 1.26 bits per heavy atom. The number of thioether (sulfide) groups is 1. The second-order valence-corrected chi connectivity index (χ2v) is 6.57. The van der Waals surface area contributed by atoms with Gasteiger partial charge in [-0.25, -0.2) is 0 Å². The minimum absolute atomic E-state index is 0.000879. The maximum Gasteiger partial charge on any atom is 0.239 e. The third kappa shape index (κ3) is 4.99. The maximum absolute atomic E-state index is 12.1. The number of hydrogen-bond donors (Lipinski definition) is 2. The van der Waals surface area contributed by atoms with Gasteiger partial charge < -0.3 is 15.5 Å². The van der Waals surface area contributed by atoms with Crippen LogP contribution in [0.3, 0.4) is 0 Å². The predicted octanol–water partition coefficient (Wildman–Crippen LogP) is 1.16. The molecule has 0 fully saturated rings. The monoisotopic (exact) mass is 335 g/mol. The van der Waals surface area contributed by atoms with Crippen LogP contribution in [-0.4, -0.2) is 42.6 Å². The summed E-state index contributed by atoms with van der Waals surface area (Å²) in [5, 5.41) is 5.27. The van der Waals surface area contributed by atoms with Crippen LogP contribution in [0, 0.1) is 0 Å². The summed E-state index contributed by atoms with van der Waals surface area (Å²) in [4.78, 5) is 38.1. The van der Waals surface area contributed by atoms with E-state index >= 15 is 0 Å². The molecule has 0 spiro atoms. The summed E-state index contributed by atoms with van der Waals surface area (Å²) in [7, 11) is 0. The van der Waals surface area contributed by atoms with E-state index in [1.165, 1.54) is 11.8 Å². The molecule has 7 heteroatoms. The highest BCUT2D eigenvalue weighted by Gasteiger charge is 2.24. The molecule has 0 unspecified atom stereocenters. The first-order valence-electron chi connectivity index (χ1n) is 7.55. The van der Waals surface area contributed by atoms with Crippen LogP contribution in [0.5, 0.6) is 0 Å². The van der Waals surface area contributed by atoms with E-state index in [-0.39, 0.29) is 36.7 Å². The van der Waals surface area contributed by atoms with Crippen molar-refractivity contribution in [3.05, 3.63) is 24.3 Å². The molecule has 2 rings (SSSR count). The van der Waals surface area contributed by atoms with Gasteiger partial charge >= 0.3 is 0 Å². The Labute approximate surface area is 140 Å². The van der Waals surface area contributed by atoms with E-state index in [9.17, 15) is 14.4 Å². The number of hydrogen-bond acceptors (Lipinski definition) is 4. The third-order valence-corrected chi connectivity index (χ3v) is 4.31. The first kappa shape index (κ1) is 17.3. The van der Waals surface area contributed by atoms with Gasteiger partial charge in [0.2, 0.25) is 17.7 Å². The van der Waals surface area contributed by atoms with Crippen molar-refractivity contribution < 1.29 is 14.4 Å². The van der Waals surface area contributed by atoms with Gasteiger partial charge in [0.05, 0.1) is 18.0 Å². The van der Waals surface area contributed by atoms with Gasteiger partial charge in [0.1, 0.15) is 0 Å². The number of rotatable bonds is 6. The van der Waals surface area contributed by atoms with Crippen LogP contribution in [0.1, 0.15) is 20.3 Å². The summed E-state index contributed by atoms with van der Waals surface area (Å²) < 4.78 is 0. The molecule has 6 nitrogen and oxygen atoms in total. The number of benzene rings is 1. The summed E-state index contributed by atoms with van der Waals surface area (Å²) in [5.41, 5.74) is 0.846. The van der Waals surface area contributed by atoms with Gasteiger partial charge in [-0.05, 0) is 26.0 Å². The van der Waals surface area contributed by atoms with Gasteiger partial charge in [-0.1, -0.05) is 12.1 Å². The van der Waals surface area contributed by atoms with Crippen LogP contribution < -0.4 is 15.5 Å². The normalized spacial score (nSPS) is 13.7. The number of carbonyl (C=O) groups excluding carboxylic acids is 3. The summed E-state index contributed by atoms with van der Waals surface area (Å²) in [5.74, 6) is -0.0780. The van der Waals surface area contributed by atoms with Gasteiger partial charge in [0.15, 0.2) is 0 Å². The Hall–Kier alpha value is -2.02. The fourth-order valence-electron chi connectivity index (χ4n) is 2.25. The molecular weight excluding hydrogens is 314 g/mol.